The fourth-order valence-corrected chi connectivity index (χ4v) is 3.45. The van der Waals surface area contributed by atoms with E-state index in [0.717, 1.165) is 11.3 Å². The molecule has 0 bridgehead atoms. The van der Waals surface area contributed by atoms with Crippen molar-refractivity contribution in [1.82, 2.24) is 20.1 Å². The maximum Gasteiger partial charge on any atom is 0.270 e. The lowest BCUT2D eigenvalue weighted by atomic mass is 9.75. The Morgan fingerprint density at radius 2 is 2.11 bits per heavy atom. The summed E-state index contributed by atoms with van der Waals surface area (Å²) in [5.41, 5.74) is 2.34. The van der Waals surface area contributed by atoms with Gasteiger partial charge in [0.2, 0.25) is 0 Å². The second-order valence-electron chi connectivity index (χ2n) is 7.42. The number of aliphatic hydroxyl groups excluding tert-OH is 1. The van der Waals surface area contributed by atoms with Crippen molar-refractivity contribution in [3.8, 4) is 5.75 Å². The minimum absolute atomic E-state index is 0.162. The molecule has 0 saturated heterocycles. The maximum absolute atomic E-state index is 13.0. The van der Waals surface area contributed by atoms with Crippen LogP contribution in [0.2, 0.25) is 0 Å². The molecule has 1 aliphatic carbocycles. The number of rotatable bonds is 7. The molecule has 27 heavy (non-hydrogen) atoms. The number of methoxy groups -OCH3 is 1. The van der Waals surface area contributed by atoms with E-state index in [0.29, 0.717) is 30.8 Å². The van der Waals surface area contributed by atoms with Crippen molar-refractivity contribution in [3.05, 3.63) is 41.5 Å². The first-order valence-electron chi connectivity index (χ1n) is 9.48. The highest BCUT2D eigenvalue weighted by molar-refractivity contribution is 5.93. The Bertz CT molecular complexity index is 796. The topological polar surface area (TPSA) is 89.3 Å². The summed E-state index contributed by atoms with van der Waals surface area (Å²) in [6.07, 6.45) is 4.40. The molecule has 0 aliphatic heterocycles. The Morgan fingerprint density at radius 3 is 2.70 bits per heavy atom. The summed E-state index contributed by atoms with van der Waals surface area (Å²) in [6.45, 7) is 6.72. The lowest BCUT2D eigenvalue weighted by Crippen LogP contribution is -2.42. The largest absolute Gasteiger partial charge is 0.495 e. The van der Waals surface area contributed by atoms with Crippen LogP contribution in [0.25, 0.3) is 0 Å². The number of hydrogen-bond donors (Lipinski definition) is 2. The van der Waals surface area contributed by atoms with E-state index in [1.807, 2.05) is 19.1 Å². The minimum atomic E-state index is -0.304. The highest BCUT2D eigenvalue weighted by atomic mass is 16.5. The Kier molecular flexibility index (Phi) is 5.79. The number of amides is 1. The number of ether oxygens (including phenoxy) is 1. The summed E-state index contributed by atoms with van der Waals surface area (Å²) in [6, 6.07) is 3.52. The van der Waals surface area contributed by atoms with Crippen LogP contribution < -0.4 is 10.1 Å². The number of aryl methyl sites for hydroxylation is 1. The van der Waals surface area contributed by atoms with Crippen LogP contribution in [-0.2, 0) is 6.54 Å². The Labute approximate surface area is 159 Å². The number of aliphatic hydroxyl groups is 1. The smallest absolute Gasteiger partial charge is 0.270 e. The molecule has 2 N–H and O–H groups in total. The molecule has 0 unspecified atom stereocenters. The van der Waals surface area contributed by atoms with Gasteiger partial charge in [0.1, 0.15) is 11.4 Å². The van der Waals surface area contributed by atoms with Gasteiger partial charge in [-0.05, 0) is 49.3 Å². The van der Waals surface area contributed by atoms with Crippen LogP contribution in [0.5, 0.6) is 5.75 Å². The van der Waals surface area contributed by atoms with Crippen LogP contribution in [0.15, 0.2) is 24.5 Å². The van der Waals surface area contributed by atoms with Gasteiger partial charge in [-0.3, -0.25) is 14.5 Å². The first-order valence-corrected chi connectivity index (χ1v) is 9.48. The molecule has 146 valence electrons. The van der Waals surface area contributed by atoms with E-state index in [-0.39, 0.29) is 29.9 Å². The second-order valence-corrected chi connectivity index (χ2v) is 7.42. The van der Waals surface area contributed by atoms with Gasteiger partial charge in [-0.15, -0.1) is 0 Å². The molecule has 2 aromatic heterocycles. The first kappa shape index (κ1) is 19.4. The zero-order valence-corrected chi connectivity index (χ0v) is 16.3. The average Bonchev–Trinajstić information content (AvgIpc) is 3.08. The Morgan fingerprint density at radius 1 is 1.37 bits per heavy atom. The fourth-order valence-electron chi connectivity index (χ4n) is 3.45. The molecular weight excluding hydrogens is 344 g/mol. The van der Waals surface area contributed by atoms with E-state index in [9.17, 15) is 9.90 Å². The molecule has 7 nitrogen and oxygen atoms in total. The molecule has 1 atom stereocenters. The Balaban J connectivity index is 1.87. The van der Waals surface area contributed by atoms with Crippen LogP contribution in [0.3, 0.4) is 0 Å². The zero-order valence-electron chi connectivity index (χ0n) is 16.3. The number of hydrogen-bond acceptors (Lipinski definition) is 5. The van der Waals surface area contributed by atoms with Gasteiger partial charge < -0.3 is 15.2 Å². The monoisotopic (exact) mass is 372 g/mol. The van der Waals surface area contributed by atoms with E-state index < -0.39 is 0 Å². The predicted octanol–water partition coefficient (Wildman–Crippen LogP) is 2.67. The highest BCUT2D eigenvalue weighted by Gasteiger charge is 2.36. The molecule has 0 radical (unpaired) electrons. The number of nitrogens with zero attached hydrogens (tertiary/aromatic N) is 3. The van der Waals surface area contributed by atoms with Gasteiger partial charge in [-0.25, -0.2) is 0 Å². The molecule has 7 heteroatoms. The van der Waals surface area contributed by atoms with Crippen molar-refractivity contribution < 1.29 is 14.6 Å². The third kappa shape index (κ3) is 4.13. The molecule has 1 fully saturated rings. The summed E-state index contributed by atoms with van der Waals surface area (Å²) in [4.78, 5) is 17.3. The van der Waals surface area contributed by atoms with Gasteiger partial charge in [0, 0.05) is 12.7 Å². The van der Waals surface area contributed by atoms with Gasteiger partial charge >= 0.3 is 0 Å². The van der Waals surface area contributed by atoms with Gasteiger partial charge in [0.05, 0.1) is 31.1 Å². The van der Waals surface area contributed by atoms with E-state index in [1.54, 1.807) is 24.2 Å². The quantitative estimate of drug-likeness (QED) is 0.780. The van der Waals surface area contributed by atoms with Crippen molar-refractivity contribution in [3.63, 3.8) is 0 Å². The average molecular weight is 372 g/mol. The number of nitrogens with one attached hydrogen (secondary N) is 1. The summed E-state index contributed by atoms with van der Waals surface area (Å²) in [5.74, 6) is 0.905. The summed E-state index contributed by atoms with van der Waals surface area (Å²) in [7, 11) is 1.59. The van der Waals surface area contributed by atoms with Gasteiger partial charge in [0.25, 0.3) is 5.91 Å². The molecule has 0 spiro atoms. The molecule has 2 aromatic rings. The molecule has 3 rings (SSSR count). The third-order valence-electron chi connectivity index (χ3n) is 5.16. The second kappa shape index (κ2) is 8.08. The summed E-state index contributed by atoms with van der Waals surface area (Å²) < 4.78 is 7.01. The van der Waals surface area contributed by atoms with Crippen LogP contribution in [-0.4, -0.2) is 39.0 Å². The van der Waals surface area contributed by atoms with Crippen molar-refractivity contribution >= 4 is 5.91 Å². The molecule has 1 amide bonds. The number of carbonyl (C=O) groups is 1. The number of aromatic nitrogens is 3. The molecular formula is C20H28N4O3. The lowest BCUT2D eigenvalue weighted by molar-refractivity contribution is 0.0233. The summed E-state index contributed by atoms with van der Waals surface area (Å²) in [5, 5.41) is 17.4. The van der Waals surface area contributed by atoms with Crippen LogP contribution in [0.4, 0.5) is 0 Å². The van der Waals surface area contributed by atoms with Crippen LogP contribution in [0, 0.1) is 5.92 Å². The molecule has 2 heterocycles. The van der Waals surface area contributed by atoms with E-state index >= 15 is 0 Å². The Hall–Kier alpha value is -2.41. The summed E-state index contributed by atoms with van der Waals surface area (Å²) >= 11 is 0. The fraction of sp³-hybridized carbons (Fsp3) is 0.550. The van der Waals surface area contributed by atoms with E-state index in [4.69, 9.17) is 4.74 Å². The molecule has 1 aliphatic rings. The highest BCUT2D eigenvalue weighted by Crippen LogP contribution is 2.38. The predicted molar refractivity (Wildman–Crippen MR) is 102 cm³/mol. The van der Waals surface area contributed by atoms with Gasteiger partial charge in [-0.2, -0.15) is 5.10 Å². The minimum Gasteiger partial charge on any atom is -0.495 e. The zero-order chi connectivity index (χ0) is 19.6. The third-order valence-corrected chi connectivity index (χ3v) is 5.16. The van der Waals surface area contributed by atoms with Crippen molar-refractivity contribution in [2.75, 3.05) is 7.11 Å². The van der Waals surface area contributed by atoms with Crippen molar-refractivity contribution in [2.24, 2.45) is 5.92 Å². The van der Waals surface area contributed by atoms with Crippen LogP contribution in [0.1, 0.15) is 67.3 Å². The van der Waals surface area contributed by atoms with Crippen LogP contribution >= 0.6 is 0 Å². The van der Waals surface area contributed by atoms with E-state index in [2.05, 4.69) is 29.2 Å². The normalized spacial score (nSPS) is 20.2. The standard InChI is InChI=1S/C20H28N4O3/c1-5-24-18(9-17(23-24)12(2)3)20(26)22-19(13-6-15(25)7-13)14-8-16(27-4)11-21-10-14/h8-13,15,19,25H,5-7H2,1-4H3,(H,22,26)/t13?,15?,19-/m0/s1. The SMILES string of the molecule is CCn1nc(C(C)C)cc1C(=O)N[C@H](c1cncc(OC)c1)C1CC(O)C1. The van der Waals surface area contributed by atoms with Gasteiger partial charge in [-0.1, -0.05) is 13.8 Å². The molecule has 0 aromatic carbocycles. The first-order chi connectivity index (χ1) is 12.9. The van der Waals surface area contributed by atoms with E-state index in [1.165, 1.54) is 0 Å². The lowest BCUT2D eigenvalue weighted by Gasteiger charge is -2.38. The van der Waals surface area contributed by atoms with Gasteiger partial charge in [0.15, 0.2) is 0 Å². The van der Waals surface area contributed by atoms with Crippen molar-refractivity contribution in [2.45, 2.75) is 58.2 Å². The molecule has 1 saturated carbocycles. The maximum atomic E-state index is 13.0. The number of pyridine rings is 1. The van der Waals surface area contributed by atoms with Crippen molar-refractivity contribution in [1.29, 1.82) is 0 Å². The number of carbonyl (C=O) groups excluding carboxylic acids is 1.